The highest BCUT2D eigenvalue weighted by molar-refractivity contribution is 7.99. The van der Waals surface area contributed by atoms with Crippen LogP contribution in [0.4, 0.5) is 11.5 Å². The molecule has 0 atom stereocenters. The molecule has 2 amide bonds. The van der Waals surface area contributed by atoms with E-state index < -0.39 is 0 Å². The molecule has 0 radical (unpaired) electrons. The van der Waals surface area contributed by atoms with Crippen molar-refractivity contribution in [2.75, 3.05) is 30.4 Å². The third-order valence-corrected chi connectivity index (χ3v) is 5.21. The first-order chi connectivity index (χ1) is 13.8. The number of carbonyl (C=O) groups is 2. The van der Waals surface area contributed by atoms with Crippen molar-refractivity contribution in [1.82, 2.24) is 4.90 Å². The van der Waals surface area contributed by atoms with Crippen molar-refractivity contribution in [2.24, 2.45) is 0 Å². The lowest BCUT2D eigenvalue weighted by Gasteiger charge is -2.18. The first kappa shape index (κ1) is 21.7. The number of carbonyl (C=O) groups excluding carboxylic acids is 2. The van der Waals surface area contributed by atoms with Crippen LogP contribution in [0, 0.1) is 36.5 Å². The average molecular weight is 409 g/mol. The summed E-state index contributed by atoms with van der Waals surface area (Å²) in [5.41, 5.74) is 8.76. The quantitative estimate of drug-likeness (QED) is 0.696. The van der Waals surface area contributed by atoms with E-state index >= 15 is 0 Å². The summed E-state index contributed by atoms with van der Waals surface area (Å²) in [6.07, 6.45) is 0. The number of pyridine rings is 1. The highest BCUT2D eigenvalue weighted by Crippen LogP contribution is 2.21. The van der Waals surface area contributed by atoms with Crippen LogP contribution in [0.1, 0.15) is 22.3 Å². The fourth-order valence-corrected chi connectivity index (χ4v) is 3.50. The van der Waals surface area contributed by atoms with Crippen LogP contribution in [0.3, 0.4) is 0 Å². The Morgan fingerprint density at radius 3 is 2.41 bits per heavy atom. The Morgan fingerprint density at radius 1 is 1.21 bits per heavy atom. The second-order valence-corrected chi connectivity index (χ2v) is 7.40. The van der Waals surface area contributed by atoms with Gasteiger partial charge in [-0.3, -0.25) is 15.3 Å². The van der Waals surface area contributed by atoms with Gasteiger partial charge in [-0.2, -0.15) is 10.5 Å². The van der Waals surface area contributed by atoms with Gasteiger partial charge in [0.1, 0.15) is 23.3 Å². The molecule has 0 aliphatic carbocycles. The molecule has 0 unspecified atom stereocenters. The Bertz CT molecular complexity index is 1020. The SMILES string of the molecule is Cc1cccc(C)c1NC(=O)CN(C)C(=O)CSc1[nH+]c(N)c(C#N)cc1C#N. The van der Waals surface area contributed by atoms with Gasteiger partial charge >= 0.3 is 0 Å². The third-order valence-electron chi connectivity index (χ3n) is 4.20. The summed E-state index contributed by atoms with van der Waals surface area (Å²) in [4.78, 5) is 28.8. The minimum Gasteiger partial charge on any atom is -0.336 e. The van der Waals surface area contributed by atoms with E-state index in [0.29, 0.717) is 5.03 Å². The number of nitrogens with one attached hydrogen (secondary N) is 2. The Balaban J connectivity index is 1.98. The van der Waals surface area contributed by atoms with E-state index in [0.717, 1.165) is 28.6 Å². The summed E-state index contributed by atoms with van der Waals surface area (Å²) in [5.74, 6) is -0.450. The molecule has 2 rings (SSSR count). The van der Waals surface area contributed by atoms with Crippen LogP contribution in [0.5, 0.6) is 0 Å². The Labute approximate surface area is 173 Å². The Morgan fingerprint density at radius 2 is 1.83 bits per heavy atom. The minimum absolute atomic E-state index is 0.00366. The molecule has 0 aliphatic heterocycles. The van der Waals surface area contributed by atoms with Crippen molar-refractivity contribution in [3.8, 4) is 12.1 Å². The molecule has 2 aromatic rings. The lowest BCUT2D eigenvalue weighted by atomic mass is 10.1. The summed E-state index contributed by atoms with van der Waals surface area (Å²) in [6, 6.07) is 11.0. The molecule has 1 heterocycles. The zero-order valence-electron chi connectivity index (χ0n) is 16.4. The van der Waals surface area contributed by atoms with E-state index in [-0.39, 0.29) is 41.1 Å². The van der Waals surface area contributed by atoms with Crippen LogP contribution in [0.2, 0.25) is 0 Å². The van der Waals surface area contributed by atoms with Crippen molar-refractivity contribution in [3.05, 3.63) is 46.5 Å². The number of nitrogen functional groups attached to an aromatic ring is 1. The van der Waals surface area contributed by atoms with Crippen LogP contribution in [-0.4, -0.2) is 36.1 Å². The highest BCUT2D eigenvalue weighted by Gasteiger charge is 2.19. The second kappa shape index (κ2) is 9.58. The largest absolute Gasteiger partial charge is 0.336 e. The molecule has 0 fully saturated rings. The highest BCUT2D eigenvalue weighted by atomic mass is 32.2. The number of anilines is 2. The zero-order valence-corrected chi connectivity index (χ0v) is 17.2. The number of amides is 2. The molecular formula is C20H21N6O2S+. The smallest absolute Gasteiger partial charge is 0.289 e. The molecule has 1 aromatic carbocycles. The van der Waals surface area contributed by atoms with Crippen LogP contribution in [0.15, 0.2) is 29.3 Å². The number of likely N-dealkylation sites (N-methyl/N-ethyl adjacent to an activating group) is 1. The number of hydrogen-bond acceptors (Lipinski definition) is 6. The molecular weight excluding hydrogens is 388 g/mol. The number of nitriles is 2. The van der Waals surface area contributed by atoms with Crippen molar-refractivity contribution in [2.45, 2.75) is 18.9 Å². The number of benzene rings is 1. The lowest BCUT2D eigenvalue weighted by Crippen LogP contribution is -2.36. The molecule has 148 valence electrons. The predicted molar refractivity (Wildman–Crippen MR) is 110 cm³/mol. The topological polar surface area (TPSA) is 137 Å². The molecule has 4 N–H and O–H groups in total. The summed E-state index contributed by atoms with van der Waals surface area (Å²) in [7, 11) is 1.54. The normalized spacial score (nSPS) is 9.97. The Hall–Kier alpha value is -3.56. The van der Waals surface area contributed by atoms with Gasteiger partial charge in [0.05, 0.1) is 12.3 Å². The number of aromatic nitrogens is 1. The number of rotatable bonds is 6. The number of thioether (sulfide) groups is 1. The number of aromatic amines is 1. The van der Waals surface area contributed by atoms with E-state index in [4.69, 9.17) is 11.0 Å². The molecule has 0 saturated carbocycles. The van der Waals surface area contributed by atoms with Gasteiger partial charge in [-0.05, 0) is 31.0 Å². The van der Waals surface area contributed by atoms with Gasteiger partial charge in [-0.1, -0.05) is 30.0 Å². The summed E-state index contributed by atoms with van der Waals surface area (Å²) >= 11 is 1.09. The first-order valence-corrected chi connectivity index (χ1v) is 9.64. The first-order valence-electron chi connectivity index (χ1n) is 8.65. The lowest BCUT2D eigenvalue weighted by molar-refractivity contribution is -0.410. The number of hydrogen-bond donors (Lipinski definition) is 2. The number of para-hydroxylation sites is 1. The summed E-state index contributed by atoms with van der Waals surface area (Å²) < 4.78 is 0. The molecule has 0 spiro atoms. The number of aryl methyl sites for hydroxylation is 2. The molecule has 0 aliphatic rings. The fraction of sp³-hybridized carbons (Fsp3) is 0.250. The molecule has 9 heteroatoms. The van der Waals surface area contributed by atoms with Gasteiger partial charge in [0.25, 0.3) is 5.82 Å². The molecule has 29 heavy (non-hydrogen) atoms. The van der Waals surface area contributed by atoms with Crippen molar-refractivity contribution >= 4 is 35.1 Å². The van der Waals surface area contributed by atoms with Crippen molar-refractivity contribution < 1.29 is 14.6 Å². The van der Waals surface area contributed by atoms with Gasteiger partial charge in [0.2, 0.25) is 11.8 Å². The monoisotopic (exact) mass is 409 g/mol. The molecule has 1 aromatic heterocycles. The van der Waals surface area contributed by atoms with Gasteiger partial charge in [0, 0.05) is 12.7 Å². The fourth-order valence-electron chi connectivity index (χ4n) is 2.57. The van der Waals surface area contributed by atoms with Crippen LogP contribution < -0.4 is 16.0 Å². The predicted octanol–water partition coefficient (Wildman–Crippen LogP) is 1.63. The van der Waals surface area contributed by atoms with E-state index in [1.165, 1.54) is 18.0 Å². The molecule has 0 bridgehead atoms. The second-order valence-electron chi connectivity index (χ2n) is 6.42. The average Bonchev–Trinajstić information content (AvgIpc) is 2.69. The minimum atomic E-state index is -0.296. The standard InChI is InChI=1S/C20H20N6O2S/c1-12-5-4-6-13(2)18(12)24-16(27)10-26(3)17(28)11-29-20-15(9-22)7-14(8-21)19(23)25-20/h4-7H,10-11H2,1-3H3,(H2,23,25)(H,24,27)/p+1. The Kier molecular flexibility index (Phi) is 7.18. The van der Waals surface area contributed by atoms with E-state index in [1.807, 2.05) is 44.2 Å². The molecule has 8 nitrogen and oxygen atoms in total. The maximum absolute atomic E-state index is 12.4. The van der Waals surface area contributed by atoms with Crippen molar-refractivity contribution in [1.29, 1.82) is 10.5 Å². The van der Waals surface area contributed by atoms with Crippen LogP contribution >= 0.6 is 11.8 Å². The van der Waals surface area contributed by atoms with E-state index in [2.05, 4.69) is 10.3 Å². The van der Waals surface area contributed by atoms with Crippen molar-refractivity contribution in [3.63, 3.8) is 0 Å². The van der Waals surface area contributed by atoms with E-state index in [9.17, 15) is 14.9 Å². The van der Waals surface area contributed by atoms with Gasteiger partial charge in [-0.15, -0.1) is 0 Å². The third kappa shape index (κ3) is 5.47. The number of H-pyrrole nitrogens is 1. The van der Waals surface area contributed by atoms with Crippen LogP contribution in [-0.2, 0) is 9.59 Å². The van der Waals surface area contributed by atoms with Crippen LogP contribution in [0.25, 0.3) is 0 Å². The maximum Gasteiger partial charge on any atom is 0.289 e. The number of nitrogens with zero attached hydrogens (tertiary/aromatic N) is 3. The van der Waals surface area contributed by atoms with Gasteiger partial charge in [0.15, 0.2) is 5.03 Å². The summed E-state index contributed by atoms with van der Waals surface area (Å²) in [6.45, 7) is 3.71. The summed E-state index contributed by atoms with van der Waals surface area (Å²) in [5, 5.41) is 21.4. The number of nitrogens with two attached hydrogens (primary N) is 1. The maximum atomic E-state index is 12.4. The van der Waals surface area contributed by atoms with Gasteiger partial charge < -0.3 is 10.2 Å². The zero-order chi connectivity index (χ0) is 21.6. The van der Waals surface area contributed by atoms with E-state index in [1.54, 1.807) is 0 Å². The molecule has 0 saturated heterocycles. The van der Waals surface area contributed by atoms with Gasteiger partial charge in [-0.25, -0.2) is 4.98 Å².